The summed E-state index contributed by atoms with van der Waals surface area (Å²) in [6, 6.07) is 0. The van der Waals surface area contributed by atoms with Crippen molar-refractivity contribution in [3.05, 3.63) is 119 Å². The Morgan fingerprint density at radius 1 is 1.25 bits per heavy atom. The third kappa shape index (κ3) is 6.73. The summed E-state index contributed by atoms with van der Waals surface area (Å²) in [5.74, 6) is 1.42. The summed E-state index contributed by atoms with van der Waals surface area (Å²) in [4.78, 5) is 1.38. The summed E-state index contributed by atoms with van der Waals surface area (Å²) in [5, 5.41) is 0. The van der Waals surface area contributed by atoms with Crippen LogP contribution in [0.2, 0.25) is 0 Å². The first-order chi connectivity index (χ1) is 13.5. The van der Waals surface area contributed by atoms with Gasteiger partial charge in [0.25, 0.3) is 0 Å². The van der Waals surface area contributed by atoms with Crippen LogP contribution in [0.25, 0.3) is 0 Å². The molecule has 0 amide bonds. The average Bonchev–Trinajstić information content (AvgIpc) is 2.71. The molecule has 28 heavy (non-hydrogen) atoms. The number of rotatable bonds is 6. The molecule has 2 aliphatic rings. The molecule has 0 aromatic rings. The minimum atomic E-state index is 0.429. The molecular weight excluding hydrogens is 356 g/mol. The van der Waals surface area contributed by atoms with Gasteiger partial charge in [-0.1, -0.05) is 97.6 Å². The zero-order valence-electron chi connectivity index (χ0n) is 17.4. The zero-order valence-corrected chi connectivity index (χ0v) is 18.3. The van der Waals surface area contributed by atoms with E-state index in [1.165, 1.54) is 27.2 Å². The normalized spacial score (nSPS) is 24.7. The Morgan fingerprint density at radius 2 is 2.07 bits per heavy atom. The standard InChI is InChI=1S/C27H32S/c1-6-8-12-21(3)17-18-26-25-14-10-9-13-22(4)15-16-23(5)19-24(25)20-28-27(26)11-7-2/h6-10,13-19,22H,2-3,11-12,20H2,1,4-5H3/b8-6-,13-9-,14-10?,16-15-,18-17-,23-19+. The Labute approximate surface area is 175 Å². The molecule has 0 saturated heterocycles. The van der Waals surface area contributed by atoms with E-state index < -0.39 is 0 Å². The van der Waals surface area contributed by atoms with Crippen molar-refractivity contribution < 1.29 is 0 Å². The van der Waals surface area contributed by atoms with Crippen molar-refractivity contribution in [3.63, 3.8) is 0 Å². The van der Waals surface area contributed by atoms with E-state index in [2.05, 4.69) is 93.8 Å². The molecule has 0 bridgehead atoms. The molecule has 0 saturated carbocycles. The van der Waals surface area contributed by atoms with Gasteiger partial charge in [-0.05, 0) is 54.2 Å². The molecular formula is C27H32S. The molecule has 0 aromatic carbocycles. The van der Waals surface area contributed by atoms with Gasteiger partial charge in [-0.2, -0.15) is 0 Å². The minimum absolute atomic E-state index is 0.429. The van der Waals surface area contributed by atoms with Crippen molar-refractivity contribution in [2.75, 3.05) is 5.75 Å². The topological polar surface area (TPSA) is 0 Å². The average molecular weight is 389 g/mol. The van der Waals surface area contributed by atoms with E-state index in [4.69, 9.17) is 0 Å². The highest BCUT2D eigenvalue weighted by Crippen LogP contribution is 2.39. The lowest BCUT2D eigenvalue weighted by atomic mass is 9.95. The summed E-state index contributed by atoms with van der Waals surface area (Å²) in [6.07, 6.45) is 28.0. The van der Waals surface area contributed by atoms with E-state index in [9.17, 15) is 0 Å². The van der Waals surface area contributed by atoms with Gasteiger partial charge in [-0.3, -0.25) is 0 Å². The van der Waals surface area contributed by atoms with Crippen molar-refractivity contribution in [2.24, 2.45) is 5.92 Å². The van der Waals surface area contributed by atoms with Gasteiger partial charge < -0.3 is 0 Å². The van der Waals surface area contributed by atoms with Crippen molar-refractivity contribution in [2.45, 2.75) is 33.6 Å². The summed E-state index contributed by atoms with van der Waals surface area (Å²) in [7, 11) is 0. The molecule has 0 fully saturated rings. The van der Waals surface area contributed by atoms with Crippen LogP contribution in [-0.2, 0) is 0 Å². The first-order valence-corrected chi connectivity index (χ1v) is 10.9. The molecule has 1 aliphatic heterocycles. The maximum atomic E-state index is 4.19. The summed E-state index contributed by atoms with van der Waals surface area (Å²) < 4.78 is 0. The minimum Gasteiger partial charge on any atom is -0.125 e. The van der Waals surface area contributed by atoms with E-state index in [1.807, 2.05) is 24.8 Å². The van der Waals surface area contributed by atoms with Crippen molar-refractivity contribution in [3.8, 4) is 0 Å². The zero-order chi connectivity index (χ0) is 20.4. The molecule has 2 rings (SSSR count). The lowest BCUT2D eigenvalue weighted by Crippen LogP contribution is -2.03. The van der Waals surface area contributed by atoms with Gasteiger partial charge in [-0.15, -0.1) is 18.3 Å². The maximum Gasteiger partial charge on any atom is 0.0235 e. The van der Waals surface area contributed by atoms with Crippen molar-refractivity contribution in [1.82, 2.24) is 0 Å². The van der Waals surface area contributed by atoms with Crippen LogP contribution in [-0.4, -0.2) is 5.75 Å². The second-order valence-electron chi connectivity index (χ2n) is 7.17. The highest BCUT2D eigenvalue weighted by atomic mass is 32.2. The van der Waals surface area contributed by atoms with E-state index in [0.717, 1.165) is 24.2 Å². The van der Waals surface area contributed by atoms with Gasteiger partial charge in [0, 0.05) is 5.75 Å². The van der Waals surface area contributed by atoms with Gasteiger partial charge in [0.1, 0.15) is 0 Å². The molecule has 1 heteroatoms. The van der Waals surface area contributed by atoms with Crippen LogP contribution in [0.5, 0.6) is 0 Å². The number of thioether (sulfide) groups is 1. The van der Waals surface area contributed by atoms with E-state index >= 15 is 0 Å². The Morgan fingerprint density at radius 3 is 2.82 bits per heavy atom. The monoisotopic (exact) mass is 388 g/mol. The summed E-state index contributed by atoms with van der Waals surface area (Å²) >= 11 is 1.92. The van der Waals surface area contributed by atoms with Crippen LogP contribution in [0.15, 0.2) is 119 Å². The molecule has 1 unspecified atom stereocenters. The number of allylic oxidation sites excluding steroid dienone is 17. The van der Waals surface area contributed by atoms with E-state index in [1.54, 1.807) is 0 Å². The fourth-order valence-corrected chi connectivity index (χ4v) is 4.20. The van der Waals surface area contributed by atoms with Gasteiger partial charge in [0.05, 0.1) is 0 Å². The van der Waals surface area contributed by atoms with Crippen molar-refractivity contribution in [1.29, 1.82) is 0 Å². The lowest BCUT2D eigenvalue weighted by molar-refractivity contribution is 0.938. The molecule has 0 spiro atoms. The second kappa shape index (κ2) is 11.6. The first-order valence-electron chi connectivity index (χ1n) is 9.94. The molecule has 1 heterocycles. The van der Waals surface area contributed by atoms with Gasteiger partial charge in [-0.25, -0.2) is 0 Å². The molecule has 1 aliphatic carbocycles. The SMILES string of the molecule is C=CCC1=C(/C=C\C(=C)C/C=C\C)C2=C(/C=C(C)/C=C\C(C)/C=C\C=C2)CS1. The molecule has 1 atom stereocenters. The first kappa shape index (κ1) is 22.0. The molecule has 0 aromatic heterocycles. The fraction of sp³-hybridized carbons (Fsp3) is 0.259. The molecule has 0 radical (unpaired) electrons. The van der Waals surface area contributed by atoms with Crippen LogP contribution >= 0.6 is 11.8 Å². The Balaban J connectivity index is 2.52. The smallest absolute Gasteiger partial charge is 0.0235 e. The third-order valence-electron chi connectivity index (χ3n) is 4.62. The van der Waals surface area contributed by atoms with Crippen LogP contribution < -0.4 is 0 Å². The van der Waals surface area contributed by atoms with E-state index in [-0.39, 0.29) is 0 Å². The predicted octanol–water partition coefficient (Wildman–Crippen LogP) is 8.20. The third-order valence-corrected chi connectivity index (χ3v) is 5.81. The van der Waals surface area contributed by atoms with Crippen molar-refractivity contribution >= 4 is 11.8 Å². The molecule has 0 nitrogen and oxygen atoms in total. The van der Waals surface area contributed by atoms with Crippen LogP contribution in [0.3, 0.4) is 0 Å². The Hall–Kier alpha value is -2.25. The van der Waals surface area contributed by atoms with Crippen LogP contribution in [0.1, 0.15) is 33.6 Å². The molecule has 146 valence electrons. The van der Waals surface area contributed by atoms with Gasteiger partial charge in [0.2, 0.25) is 0 Å². The quantitative estimate of drug-likeness (QED) is 0.326. The largest absolute Gasteiger partial charge is 0.125 e. The predicted molar refractivity (Wildman–Crippen MR) is 129 cm³/mol. The van der Waals surface area contributed by atoms with Gasteiger partial charge in [0.15, 0.2) is 0 Å². The highest BCUT2D eigenvalue weighted by molar-refractivity contribution is 8.03. The van der Waals surface area contributed by atoms with Crippen LogP contribution in [0, 0.1) is 5.92 Å². The molecule has 0 N–H and O–H groups in total. The Kier molecular flexibility index (Phi) is 9.10. The lowest BCUT2D eigenvalue weighted by Gasteiger charge is -2.22. The Bertz CT molecular complexity index is 831. The summed E-state index contributed by atoms with van der Waals surface area (Å²) in [6.45, 7) is 14.6. The maximum absolute atomic E-state index is 4.19. The number of hydrogen-bond acceptors (Lipinski definition) is 1. The second-order valence-corrected chi connectivity index (χ2v) is 8.24. The summed E-state index contributed by atoms with van der Waals surface area (Å²) in [5.41, 5.74) is 6.37. The van der Waals surface area contributed by atoms with Crippen LogP contribution in [0.4, 0.5) is 0 Å². The van der Waals surface area contributed by atoms with Gasteiger partial charge >= 0.3 is 0 Å². The van der Waals surface area contributed by atoms with E-state index in [0.29, 0.717) is 5.92 Å². The number of hydrogen-bond donors (Lipinski definition) is 0. The fourth-order valence-electron chi connectivity index (χ4n) is 3.06. The highest BCUT2D eigenvalue weighted by Gasteiger charge is 2.17.